The lowest BCUT2D eigenvalue weighted by Crippen LogP contribution is -2.35. The maximum atomic E-state index is 9.20. The Labute approximate surface area is 115 Å². The van der Waals surface area contributed by atoms with Gasteiger partial charge in [0, 0.05) is 24.5 Å². The van der Waals surface area contributed by atoms with Crippen LogP contribution in [-0.4, -0.2) is 34.7 Å². The molecule has 1 aromatic rings. The van der Waals surface area contributed by atoms with E-state index in [2.05, 4.69) is 22.9 Å². The summed E-state index contributed by atoms with van der Waals surface area (Å²) in [6, 6.07) is 4.16. The average Bonchev–Trinajstić information content (AvgIpc) is 2.78. The molecule has 4 heteroatoms. The van der Waals surface area contributed by atoms with Crippen molar-refractivity contribution >= 4 is 0 Å². The Bertz CT molecular complexity index is 452. The predicted molar refractivity (Wildman–Crippen MR) is 74.5 cm³/mol. The molecule has 0 amide bonds. The zero-order valence-electron chi connectivity index (χ0n) is 11.8. The molecule has 1 saturated heterocycles. The number of aromatic amines is 1. The quantitative estimate of drug-likeness (QED) is 0.871. The van der Waals surface area contributed by atoms with Gasteiger partial charge in [0.2, 0.25) is 0 Å². The molecule has 0 radical (unpaired) electrons. The summed E-state index contributed by atoms with van der Waals surface area (Å²) in [6.45, 7) is 7.42. The molecule has 19 heavy (non-hydrogen) atoms. The Kier molecular flexibility index (Phi) is 4.62. The minimum atomic E-state index is 0.298. The Morgan fingerprint density at radius 3 is 2.74 bits per heavy atom. The molecule has 2 rings (SSSR count). The molecular formula is C15H23N3O. The van der Waals surface area contributed by atoms with Crippen molar-refractivity contribution in [2.75, 3.05) is 19.7 Å². The predicted octanol–water partition coefficient (Wildman–Crippen LogP) is 2.04. The lowest BCUT2D eigenvalue weighted by molar-refractivity contribution is 0.111. The standard InChI is InChI=1S/C15H23N3O/c1-11(10-19)13-3-5-18(6-4-13)9-15-7-14(8-16)12(2)17-15/h7,11,13,17,19H,3-6,9-10H2,1-2H3. The molecule has 1 atom stereocenters. The molecule has 0 aromatic carbocycles. The molecule has 0 bridgehead atoms. The zero-order chi connectivity index (χ0) is 13.8. The van der Waals surface area contributed by atoms with Gasteiger partial charge in [0.15, 0.2) is 0 Å². The summed E-state index contributed by atoms with van der Waals surface area (Å²) in [5.74, 6) is 1.07. The minimum Gasteiger partial charge on any atom is -0.396 e. The van der Waals surface area contributed by atoms with Crippen LogP contribution in [0.4, 0.5) is 0 Å². The summed E-state index contributed by atoms with van der Waals surface area (Å²) in [7, 11) is 0. The number of nitriles is 1. The van der Waals surface area contributed by atoms with Gasteiger partial charge in [-0.05, 0) is 50.8 Å². The van der Waals surface area contributed by atoms with Crippen LogP contribution in [0.5, 0.6) is 0 Å². The Morgan fingerprint density at radius 2 is 2.21 bits per heavy atom. The maximum Gasteiger partial charge on any atom is 0.101 e. The van der Waals surface area contributed by atoms with E-state index in [4.69, 9.17) is 5.26 Å². The number of aryl methyl sites for hydroxylation is 1. The molecule has 4 nitrogen and oxygen atoms in total. The molecule has 2 heterocycles. The van der Waals surface area contributed by atoms with Crippen LogP contribution in [-0.2, 0) is 6.54 Å². The molecule has 1 aliphatic rings. The van der Waals surface area contributed by atoms with E-state index in [9.17, 15) is 5.11 Å². The number of aliphatic hydroxyl groups excluding tert-OH is 1. The molecule has 1 unspecified atom stereocenters. The van der Waals surface area contributed by atoms with E-state index >= 15 is 0 Å². The molecule has 0 aliphatic carbocycles. The van der Waals surface area contributed by atoms with Crippen molar-refractivity contribution in [2.45, 2.75) is 33.2 Å². The number of hydrogen-bond acceptors (Lipinski definition) is 3. The molecule has 1 aromatic heterocycles. The van der Waals surface area contributed by atoms with Gasteiger partial charge in [0.25, 0.3) is 0 Å². The number of likely N-dealkylation sites (tertiary alicyclic amines) is 1. The molecule has 0 saturated carbocycles. The van der Waals surface area contributed by atoms with E-state index in [1.165, 1.54) is 0 Å². The van der Waals surface area contributed by atoms with Crippen molar-refractivity contribution in [1.29, 1.82) is 5.26 Å². The normalized spacial score (nSPS) is 19.3. The summed E-state index contributed by atoms with van der Waals surface area (Å²) in [6.07, 6.45) is 2.32. The van der Waals surface area contributed by atoms with Crippen LogP contribution in [0.15, 0.2) is 6.07 Å². The van der Waals surface area contributed by atoms with Gasteiger partial charge in [-0.2, -0.15) is 5.26 Å². The van der Waals surface area contributed by atoms with Crippen LogP contribution < -0.4 is 0 Å². The SMILES string of the molecule is Cc1[nH]c(CN2CCC(C(C)CO)CC2)cc1C#N. The van der Waals surface area contributed by atoms with E-state index < -0.39 is 0 Å². The van der Waals surface area contributed by atoms with Gasteiger partial charge >= 0.3 is 0 Å². The summed E-state index contributed by atoms with van der Waals surface area (Å²) in [5.41, 5.74) is 2.84. The lowest BCUT2D eigenvalue weighted by Gasteiger charge is -2.34. The van der Waals surface area contributed by atoms with E-state index in [1.54, 1.807) is 0 Å². The highest BCUT2D eigenvalue weighted by Crippen LogP contribution is 2.25. The van der Waals surface area contributed by atoms with Crippen molar-refractivity contribution in [2.24, 2.45) is 11.8 Å². The third-order valence-electron chi connectivity index (χ3n) is 4.31. The zero-order valence-corrected chi connectivity index (χ0v) is 11.8. The van der Waals surface area contributed by atoms with Crippen molar-refractivity contribution in [3.05, 3.63) is 23.0 Å². The largest absolute Gasteiger partial charge is 0.396 e. The topological polar surface area (TPSA) is 63.1 Å². The van der Waals surface area contributed by atoms with Crippen LogP contribution in [0.3, 0.4) is 0 Å². The second-order valence-electron chi connectivity index (χ2n) is 5.72. The third kappa shape index (κ3) is 3.37. The van der Waals surface area contributed by atoms with Crippen molar-refractivity contribution < 1.29 is 5.11 Å². The number of rotatable bonds is 4. The number of aromatic nitrogens is 1. The Hall–Kier alpha value is -1.31. The van der Waals surface area contributed by atoms with E-state index in [0.717, 1.165) is 49.4 Å². The number of H-pyrrole nitrogens is 1. The highest BCUT2D eigenvalue weighted by molar-refractivity contribution is 5.35. The van der Waals surface area contributed by atoms with E-state index in [-0.39, 0.29) is 0 Å². The first kappa shape index (κ1) is 14.1. The van der Waals surface area contributed by atoms with Gasteiger partial charge in [0.05, 0.1) is 5.56 Å². The van der Waals surface area contributed by atoms with Gasteiger partial charge in [-0.15, -0.1) is 0 Å². The number of hydrogen-bond donors (Lipinski definition) is 2. The smallest absolute Gasteiger partial charge is 0.101 e. The molecular weight excluding hydrogens is 238 g/mol. The first-order valence-electron chi connectivity index (χ1n) is 7.05. The first-order valence-corrected chi connectivity index (χ1v) is 7.05. The van der Waals surface area contributed by atoms with Gasteiger partial charge in [-0.25, -0.2) is 0 Å². The molecule has 1 aliphatic heterocycles. The highest BCUT2D eigenvalue weighted by atomic mass is 16.3. The molecule has 2 N–H and O–H groups in total. The maximum absolute atomic E-state index is 9.20. The lowest BCUT2D eigenvalue weighted by atomic mass is 9.86. The van der Waals surface area contributed by atoms with Gasteiger partial charge in [-0.1, -0.05) is 6.92 Å². The molecule has 104 valence electrons. The van der Waals surface area contributed by atoms with Crippen LogP contribution in [0.2, 0.25) is 0 Å². The number of aliphatic hydroxyl groups is 1. The Balaban J connectivity index is 1.87. The van der Waals surface area contributed by atoms with Crippen LogP contribution in [0.25, 0.3) is 0 Å². The first-order chi connectivity index (χ1) is 9.13. The fraction of sp³-hybridized carbons (Fsp3) is 0.667. The second-order valence-corrected chi connectivity index (χ2v) is 5.72. The van der Waals surface area contributed by atoms with Crippen LogP contribution in [0, 0.1) is 30.1 Å². The Morgan fingerprint density at radius 1 is 1.53 bits per heavy atom. The minimum absolute atomic E-state index is 0.298. The van der Waals surface area contributed by atoms with Crippen LogP contribution >= 0.6 is 0 Å². The van der Waals surface area contributed by atoms with Crippen molar-refractivity contribution in [1.82, 2.24) is 9.88 Å². The summed E-state index contributed by atoms with van der Waals surface area (Å²) in [5, 5.41) is 18.2. The number of nitrogens with one attached hydrogen (secondary N) is 1. The molecule has 0 spiro atoms. The van der Waals surface area contributed by atoms with E-state index in [1.807, 2.05) is 13.0 Å². The average molecular weight is 261 g/mol. The number of piperidine rings is 1. The highest BCUT2D eigenvalue weighted by Gasteiger charge is 2.23. The number of nitrogens with zero attached hydrogens (tertiary/aromatic N) is 2. The van der Waals surface area contributed by atoms with Gasteiger partial charge in [-0.3, -0.25) is 4.90 Å². The summed E-state index contributed by atoms with van der Waals surface area (Å²) in [4.78, 5) is 5.71. The fourth-order valence-electron chi connectivity index (χ4n) is 2.90. The van der Waals surface area contributed by atoms with Gasteiger partial charge in [0.1, 0.15) is 6.07 Å². The van der Waals surface area contributed by atoms with Crippen LogP contribution in [0.1, 0.15) is 36.7 Å². The fourth-order valence-corrected chi connectivity index (χ4v) is 2.90. The summed E-state index contributed by atoms with van der Waals surface area (Å²) >= 11 is 0. The summed E-state index contributed by atoms with van der Waals surface area (Å²) < 4.78 is 0. The second kappa shape index (κ2) is 6.23. The third-order valence-corrected chi connectivity index (χ3v) is 4.31. The van der Waals surface area contributed by atoms with E-state index in [0.29, 0.717) is 18.4 Å². The van der Waals surface area contributed by atoms with Crippen molar-refractivity contribution in [3.63, 3.8) is 0 Å². The molecule has 1 fully saturated rings. The monoisotopic (exact) mass is 261 g/mol. The van der Waals surface area contributed by atoms with Gasteiger partial charge < -0.3 is 10.1 Å². The van der Waals surface area contributed by atoms with Crippen molar-refractivity contribution in [3.8, 4) is 6.07 Å².